The Bertz CT molecular complexity index is 1430. The molecule has 4 heterocycles. The van der Waals surface area contributed by atoms with E-state index in [1.54, 1.807) is 18.2 Å². The lowest BCUT2D eigenvalue weighted by molar-refractivity contribution is 0.102. The van der Waals surface area contributed by atoms with Crippen molar-refractivity contribution in [2.24, 2.45) is 0 Å². The average molecular weight is 764 g/mol. The summed E-state index contributed by atoms with van der Waals surface area (Å²) in [6.07, 6.45) is 3.96. The molecule has 224 valence electrons. The second-order valence-electron chi connectivity index (χ2n) is 9.94. The van der Waals surface area contributed by atoms with Crippen molar-refractivity contribution < 1.29 is 14.3 Å². The number of benzene rings is 1. The molecule has 5 rings (SSSR count). The fourth-order valence-corrected chi connectivity index (χ4v) is 7.82. The normalized spacial score (nSPS) is 15.7. The molecule has 2 saturated heterocycles. The van der Waals surface area contributed by atoms with E-state index in [2.05, 4.69) is 53.3 Å². The van der Waals surface area contributed by atoms with Crippen LogP contribution in [0.2, 0.25) is 15.1 Å². The van der Waals surface area contributed by atoms with Gasteiger partial charge in [-0.05, 0) is 77.7 Å². The monoisotopic (exact) mass is 762 g/mol. The van der Waals surface area contributed by atoms with Gasteiger partial charge in [-0.25, -0.2) is 4.98 Å². The van der Waals surface area contributed by atoms with Gasteiger partial charge in [0.05, 0.1) is 48.8 Å². The van der Waals surface area contributed by atoms with Gasteiger partial charge in [-0.15, -0.1) is 11.3 Å². The Kier molecular flexibility index (Phi) is 11.2. The van der Waals surface area contributed by atoms with Crippen molar-refractivity contribution in [3.63, 3.8) is 0 Å². The number of hydrogen-bond donors (Lipinski definition) is 3. The van der Waals surface area contributed by atoms with E-state index in [0.717, 1.165) is 37.4 Å². The molecule has 1 aromatic carbocycles. The number of thiophene rings is 1. The van der Waals surface area contributed by atoms with Crippen LogP contribution in [0, 0.1) is 3.57 Å². The minimum Gasteiger partial charge on any atom is -0.378 e. The fourth-order valence-electron chi connectivity index (χ4n) is 4.91. The van der Waals surface area contributed by atoms with Crippen LogP contribution in [0.1, 0.15) is 38.4 Å². The summed E-state index contributed by atoms with van der Waals surface area (Å²) in [6, 6.07) is 4.79. The number of nitrogens with zero attached hydrogens (tertiary/aromatic N) is 3. The number of ether oxygens (including phenoxy) is 1. The van der Waals surface area contributed by atoms with Crippen molar-refractivity contribution in [3.8, 4) is 0 Å². The standard InChI is InChI=1S/C28H30Cl3IN6O3S/c29-18-3-4-21(34-15-18)35-27(39)19-13-20(30)25(38-9-11-41-12-10-38)23(32)24(19)36-28(40)26-22(31)17(16-42-26)14-33-5-8-37-6-1-2-7-37/h3-4,13,15-16,33H,1-2,5-12,14H2,(H,36,40)(H,34,35,39). The molecule has 2 aromatic heterocycles. The van der Waals surface area contributed by atoms with Gasteiger partial charge in [-0.1, -0.05) is 34.8 Å². The highest BCUT2D eigenvalue weighted by Gasteiger charge is 2.27. The number of rotatable bonds is 10. The summed E-state index contributed by atoms with van der Waals surface area (Å²) < 4.78 is 6.15. The Morgan fingerprint density at radius 1 is 1.05 bits per heavy atom. The highest BCUT2D eigenvalue weighted by molar-refractivity contribution is 14.1. The number of amides is 2. The Morgan fingerprint density at radius 2 is 1.81 bits per heavy atom. The molecule has 0 saturated carbocycles. The van der Waals surface area contributed by atoms with Crippen molar-refractivity contribution in [1.29, 1.82) is 0 Å². The number of likely N-dealkylation sites (tertiary alicyclic amines) is 1. The first-order valence-corrected chi connectivity index (χ1v) is 16.7. The molecule has 3 aromatic rings. The molecule has 0 aliphatic carbocycles. The predicted octanol–water partition coefficient (Wildman–Crippen LogP) is 6.23. The molecule has 2 aliphatic heterocycles. The van der Waals surface area contributed by atoms with E-state index in [1.165, 1.54) is 30.4 Å². The fraction of sp³-hybridized carbons (Fsp3) is 0.393. The van der Waals surface area contributed by atoms with Crippen LogP contribution in [0.3, 0.4) is 0 Å². The molecule has 0 bridgehead atoms. The zero-order valence-electron chi connectivity index (χ0n) is 22.7. The van der Waals surface area contributed by atoms with E-state index in [-0.39, 0.29) is 5.56 Å². The molecular weight excluding hydrogens is 734 g/mol. The topological polar surface area (TPSA) is 98.8 Å². The summed E-state index contributed by atoms with van der Waals surface area (Å²) in [5.74, 6) is -0.568. The van der Waals surface area contributed by atoms with Gasteiger partial charge in [-0.2, -0.15) is 0 Å². The summed E-state index contributed by atoms with van der Waals surface area (Å²) in [5.41, 5.74) is 2.13. The van der Waals surface area contributed by atoms with E-state index in [1.807, 2.05) is 5.38 Å². The zero-order valence-corrected chi connectivity index (χ0v) is 27.9. The number of carbonyl (C=O) groups is 2. The second kappa shape index (κ2) is 14.8. The molecule has 3 N–H and O–H groups in total. The molecule has 2 amide bonds. The summed E-state index contributed by atoms with van der Waals surface area (Å²) in [5, 5.41) is 12.3. The number of carbonyl (C=O) groups excluding carboxylic acids is 2. The van der Waals surface area contributed by atoms with Gasteiger partial charge in [0.2, 0.25) is 0 Å². The van der Waals surface area contributed by atoms with Gasteiger partial charge < -0.3 is 30.5 Å². The lowest BCUT2D eigenvalue weighted by Gasteiger charge is -2.31. The van der Waals surface area contributed by atoms with Crippen LogP contribution in [-0.4, -0.2) is 74.2 Å². The van der Waals surface area contributed by atoms with Crippen molar-refractivity contribution >= 4 is 97.7 Å². The van der Waals surface area contributed by atoms with E-state index in [9.17, 15) is 9.59 Å². The molecule has 42 heavy (non-hydrogen) atoms. The molecule has 9 nitrogen and oxygen atoms in total. The third-order valence-corrected chi connectivity index (χ3v) is 10.2. The van der Waals surface area contributed by atoms with Crippen molar-refractivity contribution in [3.05, 3.63) is 64.4 Å². The highest BCUT2D eigenvalue weighted by atomic mass is 127. The van der Waals surface area contributed by atoms with Crippen LogP contribution in [0.15, 0.2) is 29.8 Å². The van der Waals surface area contributed by atoms with Crippen LogP contribution in [0.5, 0.6) is 0 Å². The van der Waals surface area contributed by atoms with Gasteiger partial charge in [0.25, 0.3) is 11.8 Å². The van der Waals surface area contributed by atoms with Gasteiger partial charge in [0, 0.05) is 38.9 Å². The van der Waals surface area contributed by atoms with Crippen LogP contribution in [0.25, 0.3) is 0 Å². The van der Waals surface area contributed by atoms with Crippen molar-refractivity contribution in [2.75, 3.05) is 68.0 Å². The quantitative estimate of drug-likeness (QED) is 0.166. The molecular formula is C28H30Cl3IN6O3S. The summed E-state index contributed by atoms with van der Waals surface area (Å²) >= 11 is 22.8. The first-order chi connectivity index (χ1) is 20.3. The van der Waals surface area contributed by atoms with Crippen molar-refractivity contribution in [1.82, 2.24) is 15.2 Å². The lowest BCUT2D eigenvalue weighted by atomic mass is 10.1. The maximum Gasteiger partial charge on any atom is 0.267 e. The second-order valence-corrected chi connectivity index (χ2v) is 13.1. The zero-order chi connectivity index (χ0) is 29.6. The molecule has 0 spiro atoms. The summed E-state index contributed by atoms with van der Waals surface area (Å²) in [4.78, 5) is 36.1. The van der Waals surface area contributed by atoms with Gasteiger partial charge in [0.15, 0.2) is 0 Å². The maximum atomic E-state index is 13.6. The van der Waals surface area contributed by atoms with Gasteiger partial charge in [0.1, 0.15) is 10.7 Å². The Hall–Kier alpha value is -1.71. The highest BCUT2D eigenvalue weighted by Crippen LogP contribution is 2.40. The molecule has 0 atom stereocenters. The Labute approximate surface area is 277 Å². The number of halogens is 4. The molecule has 2 fully saturated rings. The number of morpholine rings is 1. The third-order valence-electron chi connectivity index (χ3n) is 7.10. The average Bonchev–Trinajstić information content (AvgIpc) is 3.64. The van der Waals surface area contributed by atoms with Crippen LogP contribution in [-0.2, 0) is 11.3 Å². The minimum atomic E-state index is -0.478. The first-order valence-electron chi connectivity index (χ1n) is 13.6. The molecule has 0 unspecified atom stereocenters. The Morgan fingerprint density at radius 3 is 2.52 bits per heavy atom. The molecule has 14 heteroatoms. The molecule has 0 radical (unpaired) electrons. The van der Waals surface area contributed by atoms with E-state index >= 15 is 0 Å². The van der Waals surface area contributed by atoms with E-state index in [4.69, 9.17) is 39.5 Å². The molecule has 2 aliphatic rings. The number of nitrogens with one attached hydrogen (secondary N) is 3. The summed E-state index contributed by atoms with van der Waals surface area (Å²) in [6.45, 7) is 7.08. The summed E-state index contributed by atoms with van der Waals surface area (Å²) in [7, 11) is 0. The van der Waals surface area contributed by atoms with Crippen LogP contribution < -0.4 is 20.9 Å². The predicted molar refractivity (Wildman–Crippen MR) is 179 cm³/mol. The van der Waals surface area contributed by atoms with Gasteiger partial charge >= 0.3 is 0 Å². The number of pyridine rings is 1. The van der Waals surface area contributed by atoms with E-state index in [0.29, 0.717) is 67.9 Å². The van der Waals surface area contributed by atoms with E-state index < -0.39 is 11.8 Å². The van der Waals surface area contributed by atoms with Crippen LogP contribution >= 0.6 is 68.7 Å². The number of aromatic nitrogens is 1. The number of anilines is 3. The SMILES string of the molecule is O=C(Nc1ccc(Cl)cn1)c1cc(Cl)c(N2CCOCC2)c(I)c1NC(=O)c1scc(CNCCN2CCCC2)c1Cl. The third kappa shape index (κ3) is 7.68. The first kappa shape index (κ1) is 31.7. The van der Waals surface area contributed by atoms with Gasteiger partial charge in [-0.3, -0.25) is 9.59 Å². The smallest absolute Gasteiger partial charge is 0.267 e. The largest absolute Gasteiger partial charge is 0.378 e. The van der Waals surface area contributed by atoms with Crippen molar-refractivity contribution in [2.45, 2.75) is 19.4 Å². The Balaban J connectivity index is 1.37. The minimum absolute atomic E-state index is 0.197. The van der Waals surface area contributed by atoms with Crippen LogP contribution in [0.4, 0.5) is 17.2 Å². The maximum absolute atomic E-state index is 13.6. The lowest BCUT2D eigenvalue weighted by Crippen LogP contribution is -2.37. The number of hydrogen-bond acceptors (Lipinski definition) is 8.